The zero-order valence-electron chi connectivity index (χ0n) is 10.6. The van der Waals surface area contributed by atoms with E-state index in [1.54, 1.807) is 0 Å². The maximum absolute atomic E-state index is 3.53. The first-order valence-corrected chi connectivity index (χ1v) is 7.55. The summed E-state index contributed by atoms with van der Waals surface area (Å²) in [4.78, 5) is 0. The van der Waals surface area contributed by atoms with Gasteiger partial charge in [0.05, 0.1) is 0 Å². The van der Waals surface area contributed by atoms with Gasteiger partial charge in [0.25, 0.3) is 0 Å². The normalized spacial score (nSPS) is 18.4. The van der Waals surface area contributed by atoms with Crippen molar-refractivity contribution in [2.24, 2.45) is 0 Å². The molecule has 2 heterocycles. The summed E-state index contributed by atoms with van der Waals surface area (Å²) in [6.07, 6.45) is 0. The van der Waals surface area contributed by atoms with E-state index in [1.165, 1.54) is 26.8 Å². The Morgan fingerprint density at radius 3 is 3.00 bits per heavy atom. The van der Waals surface area contributed by atoms with Gasteiger partial charge in [-0.15, -0.1) is 11.3 Å². The fourth-order valence-electron chi connectivity index (χ4n) is 3.00. The van der Waals surface area contributed by atoms with Crippen molar-refractivity contribution in [3.63, 3.8) is 0 Å². The molecule has 0 spiro atoms. The molecule has 0 saturated carbocycles. The summed E-state index contributed by atoms with van der Waals surface area (Å²) in [5, 5.41) is 7.07. The Balaban J connectivity index is 1.84. The van der Waals surface area contributed by atoms with Crippen LogP contribution in [0.15, 0.2) is 53.9 Å². The molecule has 0 fully saturated rings. The molecule has 1 N–H and O–H groups in total. The Morgan fingerprint density at radius 2 is 2.00 bits per heavy atom. The van der Waals surface area contributed by atoms with Crippen molar-refractivity contribution in [1.82, 2.24) is 5.32 Å². The van der Waals surface area contributed by atoms with Crippen LogP contribution in [0.1, 0.15) is 22.6 Å². The van der Waals surface area contributed by atoms with Crippen LogP contribution < -0.4 is 5.32 Å². The third-order valence-corrected chi connectivity index (χ3v) is 4.87. The van der Waals surface area contributed by atoms with Gasteiger partial charge in [0, 0.05) is 23.7 Å². The Labute approximate surface area is 116 Å². The minimum atomic E-state index is 0.481. The van der Waals surface area contributed by atoms with Gasteiger partial charge in [-0.2, -0.15) is 0 Å². The highest BCUT2D eigenvalue weighted by atomic mass is 32.1. The highest BCUT2D eigenvalue weighted by molar-refractivity contribution is 7.17. The number of thiophene rings is 1. The molecule has 3 aromatic rings. The highest BCUT2D eigenvalue weighted by Gasteiger charge is 2.21. The number of rotatable bonds is 1. The van der Waals surface area contributed by atoms with Crippen LogP contribution in [0.25, 0.3) is 10.1 Å². The van der Waals surface area contributed by atoms with Crippen LogP contribution in [0.2, 0.25) is 0 Å². The van der Waals surface area contributed by atoms with Crippen LogP contribution in [-0.4, -0.2) is 6.54 Å². The smallest absolute Gasteiger partial charge is 0.0342 e. The van der Waals surface area contributed by atoms with Gasteiger partial charge in [-0.05, 0) is 45.7 Å². The minimum Gasteiger partial charge on any atom is -0.312 e. The molecule has 19 heavy (non-hydrogen) atoms. The Morgan fingerprint density at radius 1 is 1.05 bits per heavy atom. The van der Waals surface area contributed by atoms with Crippen molar-refractivity contribution in [3.8, 4) is 0 Å². The van der Waals surface area contributed by atoms with E-state index in [0.717, 1.165) is 13.1 Å². The van der Waals surface area contributed by atoms with E-state index < -0.39 is 0 Å². The van der Waals surface area contributed by atoms with Crippen LogP contribution in [0.4, 0.5) is 0 Å². The lowest BCUT2D eigenvalue weighted by atomic mass is 9.85. The first-order chi connectivity index (χ1) is 9.42. The Bertz CT molecular complexity index is 729. The zero-order chi connectivity index (χ0) is 12.7. The summed E-state index contributed by atoms with van der Waals surface area (Å²) in [7, 11) is 0. The van der Waals surface area contributed by atoms with Gasteiger partial charge in [0.2, 0.25) is 0 Å². The predicted molar refractivity (Wildman–Crippen MR) is 81.8 cm³/mol. The minimum absolute atomic E-state index is 0.481. The second-order valence-electron chi connectivity index (χ2n) is 5.10. The highest BCUT2D eigenvalue weighted by Crippen LogP contribution is 2.32. The molecule has 1 nitrogen and oxygen atoms in total. The molecular weight excluding hydrogens is 250 g/mol. The second kappa shape index (κ2) is 4.48. The van der Waals surface area contributed by atoms with Gasteiger partial charge in [-0.3, -0.25) is 0 Å². The topological polar surface area (TPSA) is 12.0 Å². The number of hydrogen-bond donors (Lipinski definition) is 1. The van der Waals surface area contributed by atoms with E-state index in [2.05, 4.69) is 59.2 Å². The monoisotopic (exact) mass is 265 g/mol. The predicted octanol–water partition coefficient (Wildman–Crippen LogP) is 4.14. The average Bonchev–Trinajstić information content (AvgIpc) is 2.94. The first-order valence-electron chi connectivity index (χ1n) is 6.67. The average molecular weight is 265 g/mol. The lowest BCUT2D eigenvalue weighted by Crippen LogP contribution is -2.28. The van der Waals surface area contributed by atoms with E-state index in [-0.39, 0.29) is 0 Å². The molecule has 1 aromatic heterocycles. The molecular formula is C17H15NS. The maximum Gasteiger partial charge on any atom is 0.0342 e. The standard InChI is InChI=1S/C17H15NS/c1-2-4-15-14(3-1)10-18-11-16(15)12-5-6-17-13(9-12)7-8-19-17/h1-9,16,18H,10-11H2/t16-/m0/s1. The molecule has 0 radical (unpaired) electrons. The van der Waals surface area contributed by atoms with Crippen LogP contribution in [0.5, 0.6) is 0 Å². The molecule has 0 amide bonds. The van der Waals surface area contributed by atoms with E-state index >= 15 is 0 Å². The lowest BCUT2D eigenvalue weighted by molar-refractivity contribution is 0.592. The zero-order valence-corrected chi connectivity index (χ0v) is 11.4. The first kappa shape index (κ1) is 11.2. The number of nitrogens with one attached hydrogen (secondary N) is 1. The summed E-state index contributed by atoms with van der Waals surface area (Å²) in [6, 6.07) is 17.9. The number of fused-ring (bicyclic) bond motifs is 2. The molecule has 0 aliphatic carbocycles. The number of hydrogen-bond acceptors (Lipinski definition) is 2. The van der Waals surface area contributed by atoms with Crippen molar-refractivity contribution in [1.29, 1.82) is 0 Å². The molecule has 0 bridgehead atoms. The molecule has 0 unspecified atom stereocenters. The molecule has 1 aliphatic rings. The fraction of sp³-hybridized carbons (Fsp3) is 0.176. The van der Waals surface area contributed by atoms with Gasteiger partial charge in [-0.25, -0.2) is 0 Å². The van der Waals surface area contributed by atoms with Gasteiger partial charge in [-0.1, -0.05) is 30.3 Å². The van der Waals surface area contributed by atoms with Crippen LogP contribution in [0, 0.1) is 0 Å². The molecule has 1 atom stereocenters. The van der Waals surface area contributed by atoms with Crippen molar-refractivity contribution in [2.75, 3.05) is 6.54 Å². The summed E-state index contributed by atoms with van der Waals surface area (Å²) in [6.45, 7) is 2.03. The Hall–Kier alpha value is -1.64. The molecule has 2 heteroatoms. The van der Waals surface area contributed by atoms with Crippen molar-refractivity contribution in [3.05, 3.63) is 70.6 Å². The van der Waals surface area contributed by atoms with Gasteiger partial charge in [0.15, 0.2) is 0 Å². The second-order valence-corrected chi connectivity index (χ2v) is 6.05. The SMILES string of the molecule is c1ccc2c(c1)CNC[C@H]2c1ccc2sccc2c1. The summed E-state index contributed by atoms with van der Waals surface area (Å²) < 4.78 is 1.38. The van der Waals surface area contributed by atoms with Gasteiger partial charge >= 0.3 is 0 Å². The summed E-state index contributed by atoms with van der Waals surface area (Å²) >= 11 is 1.81. The molecule has 94 valence electrons. The van der Waals surface area contributed by atoms with Crippen LogP contribution >= 0.6 is 11.3 Å². The quantitative estimate of drug-likeness (QED) is 0.697. The third-order valence-electron chi connectivity index (χ3n) is 3.97. The Kier molecular flexibility index (Phi) is 2.64. The molecule has 0 saturated heterocycles. The fourth-order valence-corrected chi connectivity index (χ4v) is 3.77. The lowest BCUT2D eigenvalue weighted by Gasteiger charge is -2.26. The van der Waals surface area contributed by atoms with Gasteiger partial charge < -0.3 is 5.32 Å². The van der Waals surface area contributed by atoms with E-state index in [9.17, 15) is 0 Å². The van der Waals surface area contributed by atoms with Crippen molar-refractivity contribution in [2.45, 2.75) is 12.5 Å². The molecule has 2 aromatic carbocycles. The van der Waals surface area contributed by atoms with E-state index in [4.69, 9.17) is 0 Å². The molecule has 1 aliphatic heterocycles. The van der Waals surface area contributed by atoms with Crippen LogP contribution in [-0.2, 0) is 6.54 Å². The van der Waals surface area contributed by atoms with Crippen molar-refractivity contribution >= 4 is 21.4 Å². The number of benzene rings is 2. The van der Waals surface area contributed by atoms with Gasteiger partial charge in [0.1, 0.15) is 0 Å². The summed E-state index contributed by atoms with van der Waals surface area (Å²) in [5.41, 5.74) is 4.34. The van der Waals surface area contributed by atoms with Crippen LogP contribution in [0.3, 0.4) is 0 Å². The van der Waals surface area contributed by atoms with E-state index in [0.29, 0.717) is 5.92 Å². The maximum atomic E-state index is 3.53. The third kappa shape index (κ3) is 1.88. The van der Waals surface area contributed by atoms with E-state index in [1.807, 2.05) is 11.3 Å². The largest absolute Gasteiger partial charge is 0.312 e. The molecule has 4 rings (SSSR count). The van der Waals surface area contributed by atoms with Crippen molar-refractivity contribution < 1.29 is 0 Å². The summed E-state index contributed by atoms with van der Waals surface area (Å²) in [5.74, 6) is 0.481.